The Bertz CT molecular complexity index is 969. The first-order valence-electron chi connectivity index (χ1n) is 7.15. The van der Waals surface area contributed by atoms with E-state index in [-0.39, 0.29) is 16.8 Å². The lowest BCUT2D eigenvalue weighted by Gasteiger charge is -2.05. The Balaban J connectivity index is 2.03. The molecule has 0 radical (unpaired) electrons. The summed E-state index contributed by atoms with van der Waals surface area (Å²) < 4.78 is 1.54. The van der Waals surface area contributed by atoms with Crippen molar-refractivity contribution < 1.29 is 9.72 Å². The number of nitrogens with zero attached hydrogens (tertiary/aromatic N) is 2. The van der Waals surface area contributed by atoms with Gasteiger partial charge in [-0.3, -0.25) is 29.5 Å². The van der Waals surface area contributed by atoms with Crippen molar-refractivity contribution in [3.05, 3.63) is 91.9 Å². The Morgan fingerprint density at radius 2 is 1.71 bits per heavy atom. The van der Waals surface area contributed by atoms with Crippen molar-refractivity contribution in [2.75, 3.05) is 0 Å². The summed E-state index contributed by atoms with van der Waals surface area (Å²) >= 11 is 0. The van der Waals surface area contributed by atoms with Crippen LogP contribution in [0.4, 0.5) is 5.69 Å². The van der Waals surface area contributed by atoms with Crippen LogP contribution in [-0.2, 0) is 0 Å². The van der Waals surface area contributed by atoms with Gasteiger partial charge in [-0.1, -0.05) is 18.2 Å². The van der Waals surface area contributed by atoms with Crippen LogP contribution in [0.25, 0.3) is 5.69 Å². The largest absolute Gasteiger partial charge is 0.288 e. The van der Waals surface area contributed by atoms with E-state index in [9.17, 15) is 19.7 Å². The van der Waals surface area contributed by atoms with E-state index in [0.29, 0.717) is 5.69 Å². The van der Waals surface area contributed by atoms with Crippen molar-refractivity contribution in [3.8, 4) is 5.69 Å². The van der Waals surface area contributed by atoms with E-state index < -0.39 is 16.3 Å². The zero-order valence-electron chi connectivity index (χ0n) is 12.7. The van der Waals surface area contributed by atoms with Gasteiger partial charge >= 0.3 is 0 Å². The highest BCUT2D eigenvalue weighted by Crippen LogP contribution is 2.17. The number of nitrogens with one attached hydrogen (secondary N) is 1. The molecule has 0 aliphatic carbocycles. The van der Waals surface area contributed by atoms with Crippen LogP contribution in [0.15, 0.2) is 59.4 Å². The van der Waals surface area contributed by atoms with E-state index in [1.54, 1.807) is 11.6 Å². The highest BCUT2D eigenvalue weighted by molar-refractivity contribution is 6.09. The number of carbonyl (C=O) groups excluding carboxylic acids is 1. The standard InChI is InChI=1S/C17H13N3O4/c1-11-15(16(21)12-7-9-14(10-8-12)20(23)24)17(22)18-19(11)13-5-3-2-4-6-13/h2-10H,1H3,(H,18,22). The zero-order chi connectivity index (χ0) is 17.3. The number of benzene rings is 2. The summed E-state index contributed by atoms with van der Waals surface area (Å²) in [4.78, 5) is 35.0. The number of H-pyrrole nitrogens is 1. The fraction of sp³-hybridized carbons (Fsp3) is 0.0588. The number of carbonyl (C=O) groups is 1. The molecule has 0 saturated heterocycles. The Kier molecular flexibility index (Phi) is 3.83. The summed E-state index contributed by atoms with van der Waals surface area (Å²) in [6.45, 7) is 1.67. The van der Waals surface area contributed by atoms with Crippen LogP contribution in [0.5, 0.6) is 0 Å². The second-order valence-electron chi connectivity index (χ2n) is 5.21. The summed E-state index contributed by atoms with van der Waals surface area (Å²) in [5.74, 6) is -0.474. The van der Waals surface area contributed by atoms with Crippen molar-refractivity contribution in [2.24, 2.45) is 0 Å². The molecule has 7 heteroatoms. The Hall–Kier alpha value is -3.48. The predicted molar refractivity (Wildman–Crippen MR) is 87.7 cm³/mol. The number of aromatic amines is 1. The second-order valence-corrected chi connectivity index (χ2v) is 5.21. The quantitative estimate of drug-likeness (QED) is 0.453. The van der Waals surface area contributed by atoms with Crippen molar-refractivity contribution in [2.45, 2.75) is 6.92 Å². The minimum atomic E-state index is -0.543. The molecule has 0 bridgehead atoms. The van der Waals surface area contributed by atoms with Crippen LogP contribution in [-0.4, -0.2) is 20.5 Å². The van der Waals surface area contributed by atoms with Gasteiger partial charge in [-0.2, -0.15) is 0 Å². The first kappa shape index (κ1) is 15.4. The minimum Gasteiger partial charge on any atom is -0.288 e. The topological polar surface area (TPSA) is 98.0 Å². The highest BCUT2D eigenvalue weighted by atomic mass is 16.6. The molecule has 0 amide bonds. The van der Waals surface area contributed by atoms with Gasteiger partial charge in [0, 0.05) is 17.7 Å². The lowest BCUT2D eigenvalue weighted by atomic mass is 10.0. The summed E-state index contributed by atoms with van der Waals surface area (Å²) in [5, 5.41) is 13.3. The van der Waals surface area contributed by atoms with Crippen LogP contribution < -0.4 is 5.56 Å². The summed E-state index contributed by atoms with van der Waals surface area (Å²) in [6, 6.07) is 14.3. The molecular weight excluding hydrogens is 310 g/mol. The number of non-ortho nitro benzene ring substituents is 1. The molecule has 3 aromatic rings. The Morgan fingerprint density at radius 1 is 1.08 bits per heavy atom. The van der Waals surface area contributed by atoms with E-state index in [1.807, 2.05) is 30.3 Å². The maximum atomic E-state index is 12.6. The van der Waals surface area contributed by atoms with Gasteiger partial charge in [-0.25, -0.2) is 0 Å². The number of hydrogen-bond donors (Lipinski definition) is 1. The minimum absolute atomic E-state index is 0.0210. The number of para-hydroxylation sites is 1. The first-order valence-corrected chi connectivity index (χ1v) is 7.15. The second kappa shape index (κ2) is 5.96. The molecule has 0 atom stereocenters. The molecule has 0 spiro atoms. The van der Waals surface area contributed by atoms with Crippen molar-refractivity contribution >= 4 is 11.5 Å². The first-order chi connectivity index (χ1) is 11.5. The number of rotatable bonds is 4. The average Bonchev–Trinajstić information content (AvgIpc) is 2.89. The van der Waals surface area contributed by atoms with Crippen LogP contribution in [0.2, 0.25) is 0 Å². The number of ketones is 1. The molecule has 7 nitrogen and oxygen atoms in total. The van der Waals surface area contributed by atoms with Crippen molar-refractivity contribution in [3.63, 3.8) is 0 Å². The zero-order valence-corrected chi connectivity index (χ0v) is 12.7. The molecule has 24 heavy (non-hydrogen) atoms. The molecular formula is C17H13N3O4. The molecule has 120 valence electrons. The van der Waals surface area contributed by atoms with E-state index in [0.717, 1.165) is 5.69 Å². The highest BCUT2D eigenvalue weighted by Gasteiger charge is 2.21. The number of nitro groups is 1. The Labute approximate surface area is 136 Å². The average molecular weight is 323 g/mol. The fourth-order valence-corrected chi connectivity index (χ4v) is 2.50. The molecule has 1 N–H and O–H groups in total. The van der Waals surface area contributed by atoms with Gasteiger partial charge in [0.05, 0.1) is 16.3 Å². The molecule has 1 aromatic heterocycles. The molecule has 0 aliphatic rings. The van der Waals surface area contributed by atoms with E-state index in [2.05, 4.69) is 5.10 Å². The van der Waals surface area contributed by atoms with Gasteiger partial charge in [0.2, 0.25) is 0 Å². The lowest BCUT2D eigenvalue weighted by molar-refractivity contribution is -0.384. The van der Waals surface area contributed by atoms with Crippen LogP contribution in [0.3, 0.4) is 0 Å². The molecule has 0 aliphatic heterocycles. The number of hydrogen-bond acceptors (Lipinski definition) is 4. The SMILES string of the molecule is Cc1c(C(=O)c2ccc([N+](=O)[O-])cc2)c(=O)[nH]n1-c1ccccc1. The van der Waals surface area contributed by atoms with Crippen LogP contribution in [0, 0.1) is 17.0 Å². The van der Waals surface area contributed by atoms with Crippen LogP contribution in [0.1, 0.15) is 21.6 Å². The molecule has 2 aromatic carbocycles. The molecule has 0 fully saturated rings. The monoisotopic (exact) mass is 323 g/mol. The Morgan fingerprint density at radius 3 is 2.29 bits per heavy atom. The smallest absolute Gasteiger partial charge is 0.275 e. The summed E-state index contributed by atoms with van der Waals surface area (Å²) in [7, 11) is 0. The maximum Gasteiger partial charge on any atom is 0.275 e. The lowest BCUT2D eigenvalue weighted by Crippen LogP contribution is -2.14. The third-order valence-electron chi connectivity index (χ3n) is 3.72. The van der Waals surface area contributed by atoms with Crippen molar-refractivity contribution in [1.29, 1.82) is 0 Å². The third-order valence-corrected chi connectivity index (χ3v) is 3.72. The van der Waals surface area contributed by atoms with Gasteiger partial charge in [0.1, 0.15) is 5.56 Å². The van der Waals surface area contributed by atoms with E-state index >= 15 is 0 Å². The van der Waals surface area contributed by atoms with Crippen molar-refractivity contribution in [1.82, 2.24) is 9.78 Å². The van der Waals surface area contributed by atoms with E-state index in [4.69, 9.17) is 0 Å². The fourth-order valence-electron chi connectivity index (χ4n) is 2.50. The van der Waals surface area contributed by atoms with Gasteiger partial charge in [-0.05, 0) is 31.2 Å². The normalized spacial score (nSPS) is 10.5. The predicted octanol–water partition coefficient (Wildman–Crippen LogP) is 2.61. The molecule has 0 unspecified atom stereocenters. The number of aromatic nitrogens is 2. The molecule has 1 heterocycles. The summed E-state index contributed by atoms with van der Waals surface area (Å²) in [6.07, 6.45) is 0. The maximum absolute atomic E-state index is 12.6. The number of nitro benzene ring substituents is 1. The van der Waals surface area contributed by atoms with Gasteiger partial charge in [0.15, 0.2) is 5.78 Å². The van der Waals surface area contributed by atoms with Gasteiger partial charge in [-0.15, -0.1) is 0 Å². The molecule has 0 saturated carbocycles. The van der Waals surface area contributed by atoms with Crippen LogP contribution >= 0.6 is 0 Å². The van der Waals surface area contributed by atoms with E-state index in [1.165, 1.54) is 24.3 Å². The molecule has 3 rings (SSSR count). The summed E-state index contributed by atoms with van der Waals surface area (Å²) in [5.41, 5.74) is 0.843. The van der Waals surface area contributed by atoms with Gasteiger partial charge < -0.3 is 0 Å². The van der Waals surface area contributed by atoms with Gasteiger partial charge in [0.25, 0.3) is 11.2 Å². The third kappa shape index (κ3) is 2.63.